The molecule has 0 aliphatic carbocycles. The molecule has 0 bridgehead atoms. The Morgan fingerprint density at radius 1 is 0.955 bits per heavy atom. The van der Waals surface area contributed by atoms with Gasteiger partial charge in [0.2, 0.25) is 0 Å². The number of amides is 2. The molecule has 1 aliphatic rings. The van der Waals surface area contributed by atoms with Crippen LogP contribution >= 0.6 is 0 Å². The number of aromatic amines is 1. The zero-order chi connectivity index (χ0) is 15.3. The van der Waals surface area contributed by atoms with Crippen molar-refractivity contribution in [3.8, 4) is 0 Å². The van der Waals surface area contributed by atoms with Crippen molar-refractivity contribution in [3.63, 3.8) is 0 Å². The molecule has 3 aromatic rings. The van der Waals surface area contributed by atoms with Crippen LogP contribution in [0, 0.1) is 0 Å². The number of nitrogens with zero attached hydrogens (tertiary/aromatic N) is 3. The molecular weight excluding hydrogens is 284 g/mol. The van der Waals surface area contributed by atoms with Crippen LogP contribution in [-0.4, -0.2) is 31.3 Å². The quantitative estimate of drug-likeness (QED) is 0.709. The minimum Gasteiger partial charge on any atom is -0.306 e. The van der Waals surface area contributed by atoms with E-state index in [0.29, 0.717) is 16.6 Å². The lowest BCUT2D eigenvalue weighted by Gasteiger charge is -2.12. The smallest absolute Gasteiger partial charge is 0.275 e. The summed E-state index contributed by atoms with van der Waals surface area (Å²) in [6, 6.07) is 9.97. The Bertz CT molecular complexity index is 951. The lowest BCUT2D eigenvalue weighted by atomic mass is 10.1. The molecule has 0 atom stereocenters. The maximum Gasteiger partial charge on any atom is 0.275 e. The largest absolute Gasteiger partial charge is 0.306 e. The Morgan fingerprint density at radius 2 is 1.64 bits per heavy atom. The Kier molecular flexibility index (Phi) is 2.50. The molecule has 3 heterocycles. The molecule has 22 heavy (non-hydrogen) atoms. The molecule has 2 amide bonds. The van der Waals surface area contributed by atoms with E-state index in [1.807, 2.05) is 0 Å². The Hall–Kier alpha value is -3.22. The topological polar surface area (TPSA) is 87.5 Å². The van der Waals surface area contributed by atoms with E-state index in [1.54, 1.807) is 42.6 Å². The highest BCUT2D eigenvalue weighted by Crippen LogP contribution is 2.23. The van der Waals surface area contributed by atoms with Crippen molar-refractivity contribution in [1.29, 1.82) is 0 Å². The summed E-state index contributed by atoms with van der Waals surface area (Å²) in [7, 11) is 0. The third-order valence-corrected chi connectivity index (χ3v) is 3.63. The zero-order valence-corrected chi connectivity index (χ0v) is 11.3. The van der Waals surface area contributed by atoms with E-state index in [1.165, 1.54) is 4.52 Å². The number of hydrogen-bond donors (Lipinski definition) is 1. The van der Waals surface area contributed by atoms with Crippen LogP contribution in [0.3, 0.4) is 0 Å². The van der Waals surface area contributed by atoms with Crippen LogP contribution in [0.5, 0.6) is 0 Å². The van der Waals surface area contributed by atoms with Crippen LogP contribution in [0.15, 0.2) is 47.4 Å². The van der Waals surface area contributed by atoms with E-state index in [9.17, 15) is 14.4 Å². The lowest BCUT2D eigenvalue weighted by molar-refractivity contribution is 0.0637. The number of hydrogen-bond acceptors (Lipinski definition) is 4. The van der Waals surface area contributed by atoms with Crippen molar-refractivity contribution in [1.82, 2.24) is 19.5 Å². The van der Waals surface area contributed by atoms with E-state index in [-0.39, 0.29) is 29.7 Å². The number of carbonyl (C=O) groups is 2. The highest BCUT2D eigenvalue weighted by atomic mass is 16.2. The Morgan fingerprint density at radius 3 is 2.32 bits per heavy atom. The van der Waals surface area contributed by atoms with E-state index in [4.69, 9.17) is 0 Å². The van der Waals surface area contributed by atoms with E-state index >= 15 is 0 Å². The van der Waals surface area contributed by atoms with Crippen molar-refractivity contribution in [2.75, 3.05) is 0 Å². The average molecular weight is 294 g/mol. The molecule has 7 heteroatoms. The zero-order valence-electron chi connectivity index (χ0n) is 11.3. The standard InChI is InChI=1S/C15H10N4O3/c20-13-11-6-3-7-19(11)17-12(16-13)8-18-14(21)9-4-1-2-5-10(9)15(18)22/h1-7H,8H2,(H,16,17,20). The maximum atomic E-state index is 12.3. The molecule has 7 nitrogen and oxygen atoms in total. The van der Waals surface area contributed by atoms with Gasteiger partial charge in [-0.1, -0.05) is 12.1 Å². The van der Waals surface area contributed by atoms with E-state index in [0.717, 1.165) is 4.90 Å². The van der Waals surface area contributed by atoms with Gasteiger partial charge in [0.15, 0.2) is 0 Å². The predicted molar refractivity (Wildman–Crippen MR) is 76.5 cm³/mol. The van der Waals surface area contributed by atoms with Crippen LogP contribution < -0.4 is 5.56 Å². The van der Waals surface area contributed by atoms with Crippen LogP contribution in [-0.2, 0) is 6.54 Å². The normalized spacial score (nSPS) is 13.9. The predicted octanol–water partition coefficient (Wildman–Crippen LogP) is 0.819. The van der Waals surface area contributed by atoms with Crippen LogP contribution in [0.1, 0.15) is 26.5 Å². The first-order valence-electron chi connectivity index (χ1n) is 6.67. The summed E-state index contributed by atoms with van der Waals surface area (Å²) in [5.41, 5.74) is 0.839. The summed E-state index contributed by atoms with van der Waals surface area (Å²) in [6.45, 7) is -0.0737. The molecule has 0 saturated carbocycles. The fourth-order valence-electron chi connectivity index (χ4n) is 2.59. The lowest BCUT2D eigenvalue weighted by Crippen LogP contribution is -2.31. The van der Waals surface area contributed by atoms with Gasteiger partial charge in [0, 0.05) is 6.20 Å². The monoisotopic (exact) mass is 294 g/mol. The second kappa shape index (κ2) is 4.39. The highest BCUT2D eigenvalue weighted by Gasteiger charge is 2.35. The molecule has 1 N–H and O–H groups in total. The number of benzene rings is 1. The summed E-state index contributed by atoms with van der Waals surface area (Å²) >= 11 is 0. The molecule has 1 aromatic carbocycles. The highest BCUT2D eigenvalue weighted by molar-refractivity contribution is 6.21. The van der Waals surface area contributed by atoms with Crippen molar-refractivity contribution in [2.45, 2.75) is 6.54 Å². The minimum absolute atomic E-state index is 0.0737. The summed E-state index contributed by atoms with van der Waals surface area (Å²) in [6.07, 6.45) is 1.64. The number of aromatic nitrogens is 3. The maximum absolute atomic E-state index is 12.3. The number of rotatable bonds is 2. The molecule has 4 rings (SSSR count). The molecule has 0 unspecified atom stereocenters. The fourth-order valence-corrected chi connectivity index (χ4v) is 2.59. The Labute approximate surface area is 123 Å². The van der Waals surface area contributed by atoms with Gasteiger partial charge in [-0.25, -0.2) is 4.52 Å². The first kappa shape index (κ1) is 12.5. The molecule has 0 spiro atoms. The van der Waals surface area contributed by atoms with Crippen LogP contribution in [0.4, 0.5) is 0 Å². The van der Waals surface area contributed by atoms with E-state index < -0.39 is 0 Å². The first-order chi connectivity index (χ1) is 10.6. The Balaban J connectivity index is 1.73. The van der Waals surface area contributed by atoms with Gasteiger partial charge in [-0.2, -0.15) is 5.10 Å². The molecule has 0 fully saturated rings. The number of fused-ring (bicyclic) bond motifs is 2. The van der Waals surface area contributed by atoms with Crippen molar-refractivity contribution in [2.24, 2.45) is 0 Å². The molecule has 2 aromatic heterocycles. The number of nitrogens with one attached hydrogen (secondary N) is 1. The van der Waals surface area contributed by atoms with Gasteiger partial charge >= 0.3 is 0 Å². The van der Waals surface area contributed by atoms with Crippen LogP contribution in [0.25, 0.3) is 5.52 Å². The molecular formula is C15H10N4O3. The van der Waals surface area contributed by atoms with Gasteiger partial charge < -0.3 is 4.98 Å². The van der Waals surface area contributed by atoms with Crippen LogP contribution in [0.2, 0.25) is 0 Å². The third kappa shape index (κ3) is 1.69. The molecule has 1 aliphatic heterocycles. The van der Waals surface area contributed by atoms with E-state index in [2.05, 4.69) is 10.1 Å². The second-order valence-corrected chi connectivity index (χ2v) is 4.98. The van der Waals surface area contributed by atoms with Gasteiger partial charge in [0.25, 0.3) is 17.4 Å². The van der Waals surface area contributed by atoms with Gasteiger partial charge in [0.05, 0.1) is 17.7 Å². The first-order valence-corrected chi connectivity index (χ1v) is 6.67. The molecule has 0 radical (unpaired) electrons. The number of imide groups is 1. The summed E-state index contributed by atoms with van der Waals surface area (Å²) in [5.74, 6) is -0.505. The number of H-pyrrole nitrogens is 1. The third-order valence-electron chi connectivity index (χ3n) is 3.63. The number of carbonyl (C=O) groups excluding carboxylic acids is 2. The van der Waals surface area contributed by atoms with Gasteiger partial charge in [-0.15, -0.1) is 0 Å². The average Bonchev–Trinajstić information content (AvgIpc) is 3.08. The fraction of sp³-hybridized carbons (Fsp3) is 0.0667. The van der Waals surface area contributed by atoms with Gasteiger partial charge in [-0.3, -0.25) is 19.3 Å². The minimum atomic E-state index is -0.379. The molecule has 108 valence electrons. The second-order valence-electron chi connectivity index (χ2n) is 4.98. The van der Waals surface area contributed by atoms with Gasteiger partial charge in [-0.05, 0) is 24.3 Å². The SMILES string of the molecule is O=C1c2ccccc2C(=O)N1Cc1nn2cccc2c(=O)[nH]1. The molecule has 0 saturated heterocycles. The van der Waals surface area contributed by atoms with Crippen molar-refractivity contribution < 1.29 is 9.59 Å². The van der Waals surface area contributed by atoms with Gasteiger partial charge in [0.1, 0.15) is 11.3 Å². The summed E-state index contributed by atoms with van der Waals surface area (Å²) < 4.78 is 1.42. The summed E-state index contributed by atoms with van der Waals surface area (Å²) in [5, 5.41) is 4.21. The van der Waals surface area contributed by atoms with Crippen molar-refractivity contribution in [3.05, 3.63) is 69.9 Å². The summed E-state index contributed by atoms with van der Waals surface area (Å²) in [4.78, 5) is 40.2. The van der Waals surface area contributed by atoms with Crippen molar-refractivity contribution >= 4 is 17.3 Å².